The summed E-state index contributed by atoms with van der Waals surface area (Å²) < 4.78 is 0. The van der Waals surface area contributed by atoms with Crippen molar-refractivity contribution in [2.24, 2.45) is 0 Å². The Morgan fingerprint density at radius 2 is 1.39 bits per heavy atom. The highest BCUT2D eigenvalue weighted by Crippen LogP contribution is 2.41. The second-order valence-electron chi connectivity index (χ2n) is 4.75. The molecule has 92 valence electrons. The van der Waals surface area contributed by atoms with Crippen LogP contribution in [0.15, 0.2) is 60.7 Å². The normalized spacial score (nSPS) is 18.9. The van der Waals surface area contributed by atoms with Crippen molar-refractivity contribution < 1.29 is 4.84 Å². The third-order valence-corrected chi connectivity index (χ3v) is 3.57. The van der Waals surface area contributed by atoms with Gasteiger partial charge in [-0.1, -0.05) is 60.7 Å². The van der Waals surface area contributed by atoms with Gasteiger partial charge in [0.05, 0.1) is 0 Å². The molecule has 1 heterocycles. The molecular weight excluding hydrogens is 222 g/mol. The molecule has 0 radical (unpaired) electrons. The van der Waals surface area contributed by atoms with E-state index in [0.29, 0.717) is 0 Å². The number of benzene rings is 2. The number of nitrogens with zero attached hydrogens (tertiary/aromatic N) is 1. The van der Waals surface area contributed by atoms with Crippen LogP contribution in [0.1, 0.15) is 17.5 Å². The number of hydroxylamine groups is 2. The molecule has 2 aromatic rings. The molecule has 0 bridgehead atoms. The molecule has 0 atom stereocenters. The summed E-state index contributed by atoms with van der Waals surface area (Å²) in [7, 11) is 1.99. The lowest BCUT2D eigenvalue weighted by atomic mass is 9.84. The summed E-state index contributed by atoms with van der Waals surface area (Å²) in [6.07, 6.45) is 0.984. The van der Waals surface area contributed by atoms with Gasteiger partial charge in [-0.3, -0.25) is 4.84 Å². The van der Waals surface area contributed by atoms with E-state index in [9.17, 15) is 0 Å². The average Bonchev–Trinajstić information content (AvgIpc) is 2.84. The zero-order chi connectivity index (χ0) is 12.4. The highest BCUT2D eigenvalue weighted by Gasteiger charge is 2.41. The van der Waals surface area contributed by atoms with Crippen molar-refractivity contribution in [2.75, 3.05) is 13.6 Å². The Hall–Kier alpha value is -1.64. The van der Waals surface area contributed by atoms with Crippen LogP contribution in [-0.4, -0.2) is 18.7 Å². The molecule has 3 rings (SSSR count). The van der Waals surface area contributed by atoms with E-state index in [0.717, 1.165) is 13.0 Å². The fraction of sp³-hybridized carbons (Fsp3) is 0.250. The average molecular weight is 239 g/mol. The van der Waals surface area contributed by atoms with E-state index in [1.807, 2.05) is 24.2 Å². The van der Waals surface area contributed by atoms with Crippen LogP contribution in [0.2, 0.25) is 0 Å². The van der Waals surface area contributed by atoms with Gasteiger partial charge in [0.25, 0.3) is 0 Å². The first-order chi connectivity index (χ1) is 8.81. The van der Waals surface area contributed by atoms with Gasteiger partial charge in [-0.15, -0.1) is 0 Å². The number of hydrogen-bond donors (Lipinski definition) is 0. The summed E-state index contributed by atoms with van der Waals surface area (Å²) in [4.78, 5) is 6.15. The van der Waals surface area contributed by atoms with Crippen LogP contribution in [0.3, 0.4) is 0 Å². The molecule has 18 heavy (non-hydrogen) atoms. The van der Waals surface area contributed by atoms with E-state index in [1.165, 1.54) is 11.1 Å². The Morgan fingerprint density at radius 3 is 1.78 bits per heavy atom. The first kappa shape index (κ1) is 11.5. The topological polar surface area (TPSA) is 12.5 Å². The van der Waals surface area contributed by atoms with Crippen molar-refractivity contribution in [2.45, 2.75) is 12.0 Å². The smallest absolute Gasteiger partial charge is 0.141 e. The minimum absolute atomic E-state index is 0.322. The molecular formula is C16H17NO. The van der Waals surface area contributed by atoms with E-state index < -0.39 is 0 Å². The van der Waals surface area contributed by atoms with Gasteiger partial charge in [0.15, 0.2) is 0 Å². The van der Waals surface area contributed by atoms with E-state index in [4.69, 9.17) is 4.84 Å². The minimum Gasteiger partial charge on any atom is -0.283 e. The SMILES string of the molecule is CN1CCC(c2ccccc2)(c2ccccc2)O1. The molecule has 0 saturated carbocycles. The zero-order valence-electron chi connectivity index (χ0n) is 10.5. The van der Waals surface area contributed by atoms with Crippen molar-refractivity contribution in [1.82, 2.24) is 5.06 Å². The summed E-state index contributed by atoms with van der Waals surface area (Å²) in [6.45, 7) is 0.948. The molecule has 1 aliphatic heterocycles. The van der Waals surface area contributed by atoms with Crippen LogP contribution in [0.25, 0.3) is 0 Å². The molecule has 0 aromatic heterocycles. The van der Waals surface area contributed by atoms with Crippen molar-refractivity contribution in [1.29, 1.82) is 0 Å². The molecule has 1 fully saturated rings. The molecule has 0 amide bonds. The summed E-state index contributed by atoms with van der Waals surface area (Å²) in [6, 6.07) is 20.9. The second-order valence-corrected chi connectivity index (χ2v) is 4.75. The highest BCUT2D eigenvalue weighted by molar-refractivity contribution is 5.37. The predicted octanol–water partition coefficient (Wildman–Crippen LogP) is 3.20. The molecule has 2 aromatic carbocycles. The molecule has 2 nitrogen and oxygen atoms in total. The van der Waals surface area contributed by atoms with E-state index in [2.05, 4.69) is 48.5 Å². The molecule has 0 spiro atoms. The monoisotopic (exact) mass is 239 g/mol. The van der Waals surface area contributed by atoms with Crippen molar-refractivity contribution in [3.63, 3.8) is 0 Å². The fourth-order valence-electron chi connectivity index (χ4n) is 2.65. The van der Waals surface area contributed by atoms with Crippen molar-refractivity contribution >= 4 is 0 Å². The Bertz CT molecular complexity index is 470. The van der Waals surface area contributed by atoms with Gasteiger partial charge in [-0.2, -0.15) is 5.06 Å². The van der Waals surface area contributed by atoms with Gasteiger partial charge in [0, 0.05) is 20.0 Å². The molecule has 1 saturated heterocycles. The first-order valence-corrected chi connectivity index (χ1v) is 6.33. The molecule has 0 N–H and O–H groups in total. The molecule has 1 aliphatic rings. The van der Waals surface area contributed by atoms with Crippen LogP contribution in [-0.2, 0) is 10.4 Å². The summed E-state index contributed by atoms with van der Waals surface area (Å²) in [5.41, 5.74) is 2.12. The maximum absolute atomic E-state index is 6.15. The third kappa shape index (κ3) is 1.84. The fourth-order valence-corrected chi connectivity index (χ4v) is 2.65. The largest absolute Gasteiger partial charge is 0.283 e. The Balaban J connectivity index is 2.11. The minimum atomic E-state index is -0.322. The third-order valence-electron chi connectivity index (χ3n) is 3.57. The van der Waals surface area contributed by atoms with Crippen LogP contribution in [0, 0.1) is 0 Å². The summed E-state index contributed by atoms with van der Waals surface area (Å²) >= 11 is 0. The van der Waals surface area contributed by atoms with Gasteiger partial charge < -0.3 is 0 Å². The van der Waals surface area contributed by atoms with Gasteiger partial charge in [0.2, 0.25) is 0 Å². The Kier molecular flexibility index (Phi) is 2.90. The van der Waals surface area contributed by atoms with Gasteiger partial charge in [0.1, 0.15) is 5.60 Å². The quantitative estimate of drug-likeness (QED) is 0.798. The van der Waals surface area contributed by atoms with Crippen molar-refractivity contribution in [3.8, 4) is 0 Å². The summed E-state index contributed by atoms with van der Waals surface area (Å²) in [5, 5.41) is 1.93. The maximum atomic E-state index is 6.15. The molecule has 2 heteroatoms. The van der Waals surface area contributed by atoms with Crippen LogP contribution in [0.4, 0.5) is 0 Å². The van der Waals surface area contributed by atoms with Crippen LogP contribution >= 0.6 is 0 Å². The van der Waals surface area contributed by atoms with Crippen LogP contribution in [0.5, 0.6) is 0 Å². The second kappa shape index (κ2) is 4.56. The van der Waals surface area contributed by atoms with E-state index in [1.54, 1.807) is 0 Å². The highest BCUT2D eigenvalue weighted by atomic mass is 16.7. The molecule has 0 unspecified atom stereocenters. The van der Waals surface area contributed by atoms with Gasteiger partial charge in [-0.05, 0) is 11.1 Å². The number of hydrogen-bond acceptors (Lipinski definition) is 2. The van der Waals surface area contributed by atoms with Crippen LogP contribution < -0.4 is 0 Å². The standard InChI is InChI=1S/C16H17NO/c1-17-13-12-16(18-17,14-8-4-2-5-9-14)15-10-6-3-7-11-15/h2-11H,12-13H2,1H3. The number of rotatable bonds is 2. The van der Waals surface area contributed by atoms with Crippen molar-refractivity contribution in [3.05, 3.63) is 71.8 Å². The maximum Gasteiger partial charge on any atom is 0.141 e. The van der Waals surface area contributed by atoms with E-state index >= 15 is 0 Å². The summed E-state index contributed by atoms with van der Waals surface area (Å²) in [5.74, 6) is 0. The zero-order valence-corrected chi connectivity index (χ0v) is 10.5. The lowest BCUT2D eigenvalue weighted by Crippen LogP contribution is -2.28. The lowest BCUT2D eigenvalue weighted by Gasteiger charge is -2.29. The molecule has 0 aliphatic carbocycles. The first-order valence-electron chi connectivity index (χ1n) is 6.33. The Morgan fingerprint density at radius 1 is 0.889 bits per heavy atom. The lowest BCUT2D eigenvalue weighted by molar-refractivity contribution is -0.165. The predicted molar refractivity (Wildman–Crippen MR) is 72.0 cm³/mol. The van der Waals surface area contributed by atoms with Gasteiger partial charge in [-0.25, -0.2) is 0 Å². The Labute approximate surface area is 108 Å². The van der Waals surface area contributed by atoms with E-state index in [-0.39, 0.29) is 5.60 Å². The van der Waals surface area contributed by atoms with Gasteiger partial charge >= 0.3 is 0 Å².